The molecule has 0 aromatic rings. The Labute approximate surface area is 174 Å². The minimum Gasteiger partial charge on any atom is -0.301 e. The number of phosphoric acid groups is 1. The summed E-state index contributed by atoms with van der Waals surface area (Å²) >= 11 is 0. The molecule has 0 fully saturated rings. The van der Waals surface area contributed by atoms with E-state index in [0.29, 0.717) is 0 Å². The molecule has 0 aromatic heterocycles. The van der Waals surface area contributed by atoms with Crippen LogP contribution >= 0.6 is 7.82 Å². The second-order valence-electron chi connectivity index (χ2n) is 8.32. The smallest absolute Gasteiger partial charge is 0.301 e. The highest BCUT2D eigenvalue weighted by Crippen LogP contribution is 2.37. The summed E-state index contributed by atoms with van der Waals surface area (Å²) in [6, 6.07) is 0. The maximum absolute atomic E-state index is 10.8. The van der Waals surface area contributed by atoms with Crippen molar-refractivity contribution in [1.82, 2.24) is 0 Å². The van der Waals surface area contributed by atoms with Gasteiger partial charge in [-0.25, -0.2) is 9.45 Å². The van der Waals surface area contributed by atoms with Crippen LogP contribution in [0.4, 0.5) is 0 Å². The third-order valence-corrected chi connectivity index (χ3v) is 5.91. The van der Waals surface area contributed by atoms with E-state index in [-0.39, 0.29) is 12.0 Å². The van der Waals surface area contributed by atoms with Gasteiger partial charge in [0.1, 0.15) is 0 Å². The van der Waals surface area contributed by atoms with Crippen molar-refractivity contribution in [2.24, 2.45) is 5.92 Å². The van der Waals surface area contributed by atoms with Crippen molar-refractivity contribution in [3.05, 3.63) is 0 Å². The van der Waals surface area contributed by atoms with Gasteiger partial charge in [0.2, 0.25) is 0 Å². The molecule has 0 radical (unpaired) electrons. The van der Waals surface area contributed by atoms with E-state index in [1.165, 1.54) is 83.5 Å². The zero-order valence-corrected chi connectivity index (χ0v) is 19.6. The van der Waals surface area contributed by atoms with Gasteiger partial charge in [-0.3, -0.25) is 0 Å². The Morgan fingerprint density at radius 3 is 1.46 bits per heavy atom. The zero-order chi connectivity index (χ0) is 21.1. The van der Waals surface area contributed by atoms with Crippen LogP contribution in [0.2, 0.25) is 0 Å². The van der Waals surface area contributed by atoms with Crippen LogP contribution in [0.5, 0.6) is 0 Å². The van der Waals surface area contributed by atoms with E-state index < -0.39 is 7.82 Å². The minimum atomic E-state index is -4.57. The number of hydrogen-bond donors (Lipinski definition) is 2. The first-order chi connectivity index (χ1) is 13.4. The summed E-state index contributed by atoms with van der Waals surface area (Å²) in [7, 11) is -4.57. The monoisotopic (exact) mass is 422 g/mol. The molecule has 0 bridgehead atoms. The SMILES string of the molecule is CCCCCCCCCCCCCCCCCC(OOP(=O)(O)O)C(C)CC. The molecule has 0 spiro atoms. The Kier molecular flexibility index (Phi) is 19.1. The van der Waals surface area contributed by atoms with Gasteiger partial charge in [0.05, 0.1) is 6.10 Å². The van der Waals surface area contributed by atoms with E-state index in [1.807, 2.05) is 13.8 Å². The fraction of sp³-hybridized carbons (Fsp3) is 1.00. The average molecular weight is 423 g/mol. The molecular formula is C22H47O5P. The minimum absolute atomic E-state index is 0.221. The van der Waals surface area contributed by atoms with Gasteiger partial charge in [0.25, 0.3) is 0 Å². The molecule has 2 unspecified atom stereocenters. The van der Waals surface area contributed by atoms with Crippen molar-refractivity contribution in [2.75, 3.05) is 0 Å². The van der Waals surface area contributed by atoms with Crippen molar-refractivity contribution in [3.63, 3.8) is 0 Å². The molecule has 2 atom stereocenters. The van der Waals surface area contributed by atoms with Gasteiger partial charge in [-0.2, -0.15) is 0 Å². The molecule has 6 heteroatoms. The third kappa shape index (κ3) is 19.4. The number of hydrogen-bond acceptors (Lipinski definition) is 3. The second kappa shape index (κ2) is 19.1. The van der Waals surface area contributed by atoms with Crippen molar-refractivity contribution in [2.45, 2.75) is 136 Å². The van der Waals surface area contributed by atoms with Crippen molar-refractivity contribution >= 4 is 7.82 Å². The van der Waals surface area contributed by atoms with Gasteiger partial charge >= 0.3 is 7.82 Å². The van der Waals surface area contributed by atoms with Crippen LogP contribution in [0, 0.1) is 5.92 Å². The van der Waals surface area contributed by atoms with Gasteiger partial charge in [-0.05, 0) is 12.3 Å². The molecule has 0 aromatic carbocycles. The Bertz CT molecular complexity index is 372. The first-order valence-corrected chi connectivity index (χ1v) is 13.3. The first-order valence-electron chi connectivity index (χ1n) is 11.8. The number of rotatable bonds is 21. The predicted molar refractivity (Wildman–Crippen MR) is 117 cm³/mol. The number of unbranched alkanes of at least 4 members (excludes halogenated alkanes) is 14. The summed E-state index contributed by atoms with van der Waals surface area (Å²) in [6.07, 6.45) is 21.3. The Hall–Kier alpha value is 0.0700. The molecular weight excluding hydrogens is 375 g/mol. The maximum atomic E-state index is 10.8. The highest BCUT2D eigenvalue weighted by Gasteiger charge is 2.23. The van der Waals surface area contributed by atoms with E-state index in [9.17, 15) is 4.57 Å². The maximum Gasteiger partial charge on any atom is 0.496 e. The predicted octanol–water partition coefficient (Wildman–Crippen LogP) is 7.70. The molecule has 0 rings (SSSR count). The molecule has 0 aliphatic heterocycles. The molecule has 170 valence electrons. The van der Waals surface area contributed by atoms with Gasteiger partial charge in [-0.15, -0.1) is 4.67 Å². The van der Waals surface area contributed by atoms with Crippen molar-refractivity contribution in [3.8, 4) is 0 Å². The van der Waals surface area contributed by atoms with Crippen LogP contribution in [0.15, 0.2) is 0 Å². The van der Waals surface area contributed by atoms with E-state index in [2.05, 4.69) is 11.6 Å². The fourth-order valence-electron chi connectivity index (χ4n) is 3.52. The fourth-order valence-corrected chi connectivity index (χ4v) is 3.74. The van der Waals surface area contributed by atoms with E-state index in [0.717, 1.165) is 25.7 Å². The van der Waals surface area contributed by atoms with Gasteiger partial charge in [0.15, 0.2) is 0 Å². The topological polar surface area (TPSA) is 76.0 Å². The third-order valence-electron chi connectivity index (χ3n) is 5.63. The van der Waals surface area contributed by atoms with Gasteiger partial charge in [0, 0.05) is 0 Å². The zero-order valence-electron chi connectivity index (χ0n) is 18.7. The van der Waals surface area contributed by atoms with Crippen LogP contribution < -0.4 is 0 Å². The first kappa shape index (κ1) is 28.1. The van der Waals surface area contributed by atoms with E-state index in [1.54, 1.807) is 0 Å². The van der Waals surface area contributed by atoms with Gasteiger partial charge in [-0.1, -0.05) is 124 Å². The van der Waals surface area contributed by atoms with Crippen LogP contribution in [0.25, 0.3) is 0 Å². The summed E-state index contributed by atoms with van der Waals surface area (Å²) < 4.78 is 15.1. The van der Waals surface area contributed by atoms with E-state index in [4.69, 9.17) is 14.7 Å². The van der Waals surface area contributed by atoms with Crippen molar-refractivity contribution in [1.29, 1.82) is 0 Å². The lowest BCUT2D eigenvalue weighted by Gasteiger charge is -2.22. The second-order valence-corrected chi connectivity index (χ2v) is 9.45. The summed E-state index contributed by atoms with van der Waals surface area (Å²) in [5.41, 5.74) is 0. The quantitative estimate of drug-likeness (QED) is 0.0857. The molecule has 0 aliphatic rings. The largest absolute Gasteiger partial charge is 0.496 e. The molecule has 0 saturated heterocycles. The normalized spacial score (nSPS) is 14.3. The molecule has 0 saturated carbocycles. The van der Waals surface area contributed by atoms with Gasteiger partial charge < -0.3 is 9.79 Å². The van der Waals surface area contributed by atoms with E-state index >= 15 is 0 Å². The summed E-state index contributed by atoms with van der Waals surface area (Å²) in [5.74, 6) is 0.221. The van der Waals surface area contributed by atoms with Crippen molar-refractivity contribution < 1.29 is 23.9 Å². The van der Waals surface area contributed by atoms with Crippen LogP contribution in [-0.2, 0) is 14.1 Å². The highest BCUT2D eigenvalue weighted by molar-refractivity contribution is 7.46. The Morgan fingerprint density at radius 1 is 0.714 bits per heavy atom. The Balaban J connectivity index is 3.49. The summed E-state index contributed by atoms with van der Waals surface area (Å²) in [5, 5.41) is 0. The molecule has 5 nitrogen and oxygen atoms in total. The molecule has 2 N–H and O–H groups in total. The molecule has 28 heavy (non-hydrogen) atoms. The lowest BCUT2D eigenvalue weighted by molar-refractivity contribution is -0.270. The Morgan fingerprint density at radius 2 is 1.11 bits per heavy atom. The lowest BCUT2D eigenvalue weighted by atomic mass is 9.96. The van der Waals surface area contributed by atoms with Crippen LogP contribution in [0.1, 0.15) is 130 Å². The average Bonchev–Trinajstić information content (AvgIpc) is 2.65. The molecule has 0 heterocycles. The standard InChI is InChI=1S/C22H47O5P/c1-4-6-7-8-9-10-11-12-13-14-15-16-17-18-19-20-22(21(3)5-2)26-27-28(23,24)25/h21-22H,4-20H2,1-3H3,(H2,23,24,25). The summed E-state index contributed by atoms with van der Waals surface area (Å²) in [6.45, 7) is 6.34. The summed E-state index contributed by atoms with van der Waals surface area (Å²) in [4.78, 5) is 22.6. The lowest BCUT2D eigenvalue weighted by Crippen LogP contribution is -2.21. The molecule has 0 amide bonds. The molecule has 0 aliphatic carbocycles. The van der Waals surface area contributed by atoms with Crippen LogP contribution in [-0.4, -0.2) is 15.9 Å². The highest BCUT2D eigenvalue weighted by atomic mass is 31.2. The van der Waals surface area contributed by atoms with Crippen LogP contribution in [0.3, 0.4) is 0 Å².